The smallest absolute Gasteiger partial charge is 0.417 e. The molecule has 0 bridgehead atoms. The number of nitrogens with zero attached hydrogens (tertiary/aromatic N) is 1. The molecule has 0 spiro atoms. The van der Waals surface area contributed by atoms with E-state index in [2.05, 4.69) is 0 Å². The number of alkyl halides is 3. The van der Waals surface area contributed by atoms with E-state index in [1.54, 1.807) is 0 Å². The number of halogens is 3. The van der Waals surface area contributed by atoms with Crippen LogP contribution in [0.1, 0.15) is 35.2 Å². The van der Waals surface area contributed by atoms with Crippen LogP contribution in [0.25, 0.3) is 0 Å². The highest BCUT2D eigenvalue weighted by Crippen LogP contribution is 2.33. The van der Waals surface area contributed by atoms with Crippen LogP contribution in [0.3, 0.4) is 0 Å². The Morgan fingerprint density at radius 2 is 1.77 bits per heavy atom. The number of carbonyl (C=O) groups is 2. The van der Waals surface area contributed by atoms with E-state index in [0.29, 0.717) is 12.8 Å². The number of hydrogen-bond donors (Lipinski definition) is 1. The summed E-state index contributed by atoms with van der Waals surface area (Å²) >= 11 is 0. The van der Waals surface area contributed by atoms with Gasteiger partial charge in [-0.15, -0.1) is 0 Å². The van der Waals surface area contributed by atoms with Crippen molar-refractivity contribution in [3.05, 3.63) is 35.4 Å². The van der Waals surface area contributed by atoms with Crippen LogP contribution in [0.5, 0.6) is 0 Å². The SMILES string of the molecule is O=C(O)CC1CCN(C(=O)c2ccccc2C(F)(F)F)CC1. The largest absolute Gasteiger partial charge is 0.481 e. The van der Waals surface area contributed by atoms with Gasteiger partial charge in [-0.25, -0.2) is 0 Å². The number of likely N-dealkylation sites (tertiary alicyclic amines) is 1. The number of amides is 1. The first-order chi connectivity index (χ1) is 10.3. The molecule has 1 aliphatic rings. The van der Waals surface area contributed by atoms with Crippen molar-refractivity contribution in [1.29, 1.82) is 0 Å². The van der Waals surface area contributed by atoms with E-state index in [-0.39, 0.29) is 31.0 Å². The number of hydrogen-bond acceptors (Lipinski definition) is 2. The lowest BCUT2D eigenvalue weighted by Crippen LogP contribution is -2.39. The predicted octanol–water partition coefficient (Wildman–Crippen LogP) is 3.03. The molecule has 1 aliphatic heterocycles. The molecular weight excluding hydrogens is 299 g/mol. The van der Waals surface area contributed by atoms with Gasteiger partial charge in [-0.05, 0) is 30.9 Å². The zero-order valence-electron chi connectivity index (χ0n) is 11.8. The molecule has 1 aromatic carbocycles. The van der Waals surface area contributed by atoms with Gasteiger partial charge in [0.15, 0.2) is 0 Å². The maximum atomic E-state index is 12.9. The van der Waals surface area contributed by atoms with E-state index in [1.165, 1.54) is 23.1 Å². The standard InChI is InChI=1S/C15H16F3NO3/c16-15(17,18)12-4-2-1-3-11(12)14(22)19-7-5-10(6-8-19)9-13(20)21/h1-4,10H,5-9H2,(H,20,21). The first kappa shape index (κ1) is 16.3. The third kappa shape index (κ3) is 3.78. The van der Waals surface area contributed by atoms with Crippen LogP contribution in [-0.4, -0.2) is 35.0 Å². The number of carbonyl (C=O) groups excluding carboxylic acids is 1. The fourth-order valence-electron chi connectivity index (χ4n) is 2.67. The molecule has 0 unspecified atom stereocenters. The highest BCUT2D eigenvalue weighted by Gasteiger charge is 2.36. The number of carboxylic acids is 1. The summed E-state index contributed by atoms with van der Waals surface area (Å²) in [6, 6.07) is 4.72. The van der Waals surface area contributed by atoms with Crippen LogP contribution in [0.15, 0.2) is 24.3 Å². The second-order valence-electron chi connectivity index (χ2n) is 5.38. The lowest BCUT2D eigenvalue weighted by atomic mass is 9.93. The molecule has 1 heterocycles. The summed E-state index contributed by atoms with van der Waals surface area (Å²) in [5, 5.41) is 8.74. The summed E-state index contributed by atoms with van der Waals surface area (Å²) in [7, 11) is 0. The van der Waals surface area contributed by atoms with Crippen molar-refractivity contribution >= 4 is 11.9 Å². The Balaban J connectivity index is 2.09. The Morgan fingerprint density at radius 1 is 1.18 bits per heavy atom. The predicted molar refractivity (Wildman–Crippen MR) is 72.3 cm³/mol. The van der Waals surface area contributed by atoms with Crippen LogP contribution in [-0.2, 0) is 11.0 Å². The highest BCUT2D eigenvalue weighted by atomic mass is 19.4. The summed E-state index contributed by atoms with van der Waals surface area (Å²) in [4.78, 5) is 24.3. The maximum Gasteiger partial charge on any atom is 0.417 e. The number of carboxylic acid groups (broad SMARTS) is 1. The molecule has 0 saturated carbocycles. The quantitative estimate of drug-likeness (QED) is 0.933. The van der Waals surface area contributed by atoms with Gasteiger partial charge in [0.05, 0.1) is 11.1 Å². The van der Waals surface area contributed by atoms with Crippen molar-refractivity contribution in [3.63, 3.8) is 0 Å². The van der Waals surface area contributed by atoms with Crippen molar-refractivity contribution < 1.29 is 27.9 Å². The monoisotopic (exact) mass is 315 g/mol. The van der Waals surface area contributed by atoms with Crippen LogP contribution in [0.2, 0.25) is 0 Å². The normalized spacial score (nSPS) is 16.6. The second-order valence-corrected chi connectivity index (χ2v) is 5.38. The molecule has 1 fully saturated rings. The zero-order chi connectivity index (χ0) is 16.3. The molecule has 0 aliphatic carbocycles. The van der Waals surface area contributed by atoms with Crippen LogP contribution in [0, 0.1) is 5.92 Å². The minimum Gasteiger partial charge on any atom is -0.481 e. The number of piperidine rings is 1. The number of aliphatic carboxylic acids is 1. The average Bonchev–Trinajstić information content (AvgIpc) is 2.46. The summed E-state index contributed by atoms with van der Waals surface area (Å²) in [5.41, 5.74) is -1.29. The summed E-state index contributed by atoms with van der Waals surface area (Å²) < 4.78 is 38.8. The van der Waals surface area contributed by atoms with Gasteiger partial charge in [0.25, 0.3) is 5.91 Å². The molecule has 1 saturated heterocycles. The summed E-state index contributed by atoms with van der Waals surface area (Å²) in [5.74, 6) is -1.58. The average molecular weight is 315 g/mol. The zero-order valence-corrected chi connectivity index (χ0v) is 11.8. The Kier molecular flexibility index (Phi) is 4.73. The van der Waals surface area contributed by atoms with Gasteiger partial charge in [-0.1, -0.05) is 12.1 Å². The summed E-state index contributed by atoms with van der Waals surface area (Å²) in [6.07, 6.45) is -3.56. The lowest BCUT2D eigenvalue weighted by molar-refractivity contribution is -0.139. The molecule has 4 nitrogen and oxygen atoms in total. The topological polar surface area (TPSA) is 57.6 Å². The van der Waals surface area contributed by atoms with Gasteiger partial charge < -0.3 is 10.0 Å². The number of benzene rings is 1. The number of rotatable bonds is 3. The molecule has 1 aromatic rings. The molecule has 0 radical (unpaired) electrons. The van der Waals surface area contributed by atoms with Crippen LogP contribution < -0.4 is 0 Å². The van der Waals surface area contributed by atoms with Crippen molar-refractivity contribution in [2.24, 2.45) is 5.92 Å². The molecule has 120 valence electrons. The second kappa shape index (κ2) is 6.37. The van der Waals surface area contributed by atoms with Crippen molar-refractivity contribution in [1.82, 2.24) is 4.90 Å². The van der Waals surface area contributed by atoms with Crippen molar-refractivity contribution in [3.8, 4) is 0 Å². The minimum absolute atomic E-state index is 0.0283. The van der Waals surface area contributed by atoms with Gasteiger partial charge in [-0.2, -0.15) is 13.2 Å². The van der Waals surface area contributed by atoms with Gasteiger partial charge in [0.2, 0.25) is 0 Å². The molecular formula is C15H16F3NO3. The highest BCUT2D eigenvalue weighted by molar-refractivity contribution is 5.96. The van der Waals surface area contributed by atoms with Crippen LogP contribution >= 0.6 is 0 Å². The van der Waals surface area contributed by atoms with E-state index < -0.39 is 23.6 Å². The van der Waals surface area contributed by atoms with Gasteiger partial charge in [0, 0.05) is 19.5 Å². The Morgan fingerprint density at radius 3 is 2.32 bits per heavy atom. The molecule has 22 heavy (non-hydrogen) atoms. The van der Waals surface area contributed by atoms with E-state index in [0.717, 1.165) is 6.07 Å². The third-order valence-electron chi connectivity index (χ3n) is 3.83. The molecule has 0 aromatic heterocycles. The van der Waals surface area contributed by atoms with Gasteiger partial charge in [0.1, 0.15) is 0 Å². The fraction of sp³-hybridized carbons (Fsp3) is 0.467. The Bertz CT molecular complexity index is 563. The van der Waals surface area contributed by atoms with Gasteiger partial charge >= 0.3 is 12.1 Å². The first-order valence-electron chi connectivity index (χ1n) is 6.96. The maximum absolute atomic E-state index is 12.9. The Hall–Kier alpha value is -2.05. The van der Waals surface area contributed by atoms with Crippen molar-refractivity contribution in [2.75, 3.05) is 13.1 Å². The first-order valence-corrected chi connectivity index (χ1v) is 6.96. The van der Waals surface area contributed by atoms with Crippen LogP contribution in [0.4, 0.5) is 13.2 Å². The van der Waals surface area contributed by atoms with E-state index in [1.807, 2.05) is 0 Å². The van der Waals surface area contributed by atoms with Crippen molar-refractivity contribution in [2.45, 2.75) is 25.4 Å². The molecule has 2 rings (SSSR count). The molecule has 0 atom stereocenters. The van der Waals surface area contributed by atoms with E-state index >= 15 is 0 Å². The van der Waals surface area contributed by atoms with E-state index in [9.17, 15) is 22.8 Å². The molecule has 7 heteroatoms. The lowest BCUT2D eigenvalue weighted by Gasteiger charge is -2.32. The summed E-state index contributed by atoms with van der Waals surface area (Å²) in [6.45, 7) is 0.561. The van der Waals surface area contributed by atoms with Gasteiger partial charge in [-0.3, -0.25) is 9.59 Å². The van der Waals surface area contributed by atoms with E-state index in [4.69, 9.17) is 5.11 Å². The molecule has 1 amide bonds. The Labute approximate surface area is 125 Å². The fourth-order valence-corrected chi connectivity index (χ4v) is 2.67. The molecule has 1 N–H and O–H groups in total. The minimum atomic E-state index is -4.58. The third-order valence-corrected chi connectivity index (χ3v) is 3.83.